The number of halogens is 4. The van der Waals surface area contributed by atoms with E-state index in [2.05, 4.69) is 14.8 Å². The summed E-state index contributed by atoms with van der Waals surface area (Å²) in [5, 5.41) is 4.89. The first kappa shape index (κ1) is 19.3. The maximum Gasteiger partial charge on any atom is 0.261 e. The van der Waals surface area contributed by atoms with Gasteiger partial charge in [-0.25, -0.2) is 18.1 Å². The number of benzene rings is 2. The Kier molecular flexibility index (Phi) is 5.64. The Balaban J connectivity index is 1.99. The van der Waals surface area contributed by atoms with Crippen molar-refractivity contribution in [3.8, 4) is 0 Å². The minimum absolute atomic E-state index is 0.0373. The summed E-state index contributed by atoms with van der Waals surface area (Å²) in [5.74, 6) is 0. The highest BCUT2D eigenvalue weighted by Crippen LogP contribution is 2.32. The lowest BCUT2D eigenvalue weighted by atomic mass is 10.2. The molecule has 0 unspecified atom stereocenters. The van der Waals surface area contributed by atoms with Crippen molar-refractivity contribution in [2.75, 3.05) is 4.72 Å². The van der Waals surface area contributed by atoms with E-state index in [0.717, 1.165) is 0 Å². The normalized spacial score (nSPS) is 11.5. The zero-order chi connectivity index (χ0) is 18.9. The van der Waals surface area contributed by atoms with Crippen molar-refractivity contribution in [2.45, 2.75) is 11.4 Å². The fraction of sp³-hybridized carbons (Fsp3) is 0.0667. The summed E-state index contributed by atoms with van der Waals surface area (Å²) in [6.45, 7) is 0.246. The van der Waals surface area contributed by atoms with Crippen LogP contribution in [0.25, 0.3) is 0 Å². The second kappa shape index (κ2) is 7.62. The number of nitrogens with one attached hydrogen (secondary N) is 1. The van der Waals surface area contributed by atoms with E-state index < -0.39 is 10.0 Å². The first-order valence-corrected chi connectivity index (χ1v) is 10.0. The van der Waals surface area contributed by atoms with E-state index in [4.69, 9.17) is 46.4 Å². The maximum atomic E-state index is 12.7. The monoisotopic (exact) mass is 450 g/mol. The van der Waals surface area contributed by atoms with Crippen LogP contribution in [0, 0.1) is 0 Å². The van der Waals surface area contributed by atoms with Crippen molar-refractivity contribution in [1.82, 2.24) is 14.8 Å². The molecule has 6 nitrogen and oxygen atoms in total. The molecule has 2 aromatic carbocycles. The molecule has 0 amide bonds. The molecule has 26 heavy (non-hydrogen) atoms. The zero-order valence-corrected chi connectivity index (χ0v) is 16.7. The van der Waals surface area contributed by atoms with Crippen LogP contribution in [0.1, 0.15) is 5.56 Å². The van der Waals surface area contributed by atoms with Crippen molar-refractivity contribution >= 4 is 62.1 Å². The van der Waals surface area contributed by atoms with Gasteiger partial charge in [-0.2, -0.15) is 5.10 Å². The number of aromatic nitrogens is 3. The van der Waals surface area contributed by atoms with Crippen molar-refractivity contribution < 1.29 is 8.42 Å². The maximum absolute atomic E-state index is 12.7. The van der Waals surface area contributed by atoms with Crippen LogP contribution < -0.4 is 4.72 Å². The third-order valence-corrected chi connectivity index (χ3v) is 6.22. The number of hydrogen-bond acceptors (Lipinski definition) is 4. The molecular weight excluding hydrogens is 442 g/mol. The second-order valence-corrected chi connectivity index (χ2v) is 8.51. The molecule has 0 radical (unpaired) electrons. The van der Waals surface area contributed by atoms with E-state index in [1.165, 1.54) is 41.6 Å². The minimum Gasteiger partial charge on any atom is -0.279 e. The summed E-state index contributed by atoms with van der Waals surface area (Å²) in [7, 11) is -3.92. The third-order valence-electron chi connectivity index (χ3n) is 3.39. The van der Waals surface area contributed by atoms with E-state index in [-0.39, 0.29) is 32.2 Å². The van der Waals surface area contributed by atoms with E-state index >= 15 is 0 Å². The molecule has 1 aromatic heterocycles. The topological polar surface area (TPSA) is 76.9 Å². The average Bonchev–Trinajstić information content (AvgIpc) is 3.07. The molecule has 0 aliphatic carbocycles. The molecule has 0 saturated carbocycles. The van der Waals surface area contributed by atoms with Crippen LogP contribution >= 0.6 is 46.4 Å². The highest BCUT2D eigenvalue weighted by molar-refractivity contribution is 7.92. The third kappa shape index (κ3) is 4.24. The lowest BCUT2D eigenvalue weighted by Gasteiger charge is -2.14. The van der Waals surface area contributed by atoms with Gasteiger partial charge in [-0.1, -0.05) is 46.4 Å². The molecule has 0 fully saturated rings. The van der Waals surface area contributed by atoms with Crippen LogP contribution in [0.2, 0.25) is 20.1 Å². The first-order valence-electron chi connectivity index (χ1n) is 7.04. The van der Waals surface area contributed by atoms with Crippen LogP contribution in [0.5, 0.6) is 0 Å². The van der Waals surface area contributed by atoms with E-state index in [1.54, 1.807) is 6.07 Å². The summed E-state index contributed by atoms with van der Waals surface area (Å²) in [5.41, 5.74) is 0.828. The van der Waals surface area contributed by atoms with Gasteiger partial charge < -0.3 is 0 Å². The van der Waals surface area contributed by atoms with Crippen LogP contribution in [0.4, 0.5) is 5.69 Å². The summed E-state index contributed by atoms with van der Waals surface area (Å²) in [6.07, 6.45) is 2.87. The highest BCUT2D eigenvalue weighted by Gasteiger charge is 2.19. The van der Waals surface area contributed by atoms with Crippen LogP contribution in [-0.2, 0) is 16.6 Å². The lowest BCUT2D eigenvalue weighted by Crippen LogP contribution is -2.15. The predicted molar refractivity (Wildman–Crippen MR) is 103 cm³/mol. The molecule has 0 saturated heterocycles. The van der Waals surface area contributed by atoms with Gasteiger partial charge in [0.1, 0.15) is 12.7 Å². The fourth-order valence-electron chi connectivity index (χ4n) is 2.15. The molecule has 1 heterocycles. The number of nitrogens with zero attached hydrogens (tertiary/aromatic N) is 3. The van der Waals surface area contributed by atoms with Gasteiger partial charge in [-0.3, -0.25) is 4.72 Å². The molecule has 11 heteroatoms. The number of sulfonamides is 1. The highest BCUT2D eigenvalue weighted by atomic mass is 35.5. The molecule has 0 aliphatic heterocycles. The summed E-state index contributed by atoms with van der Waals surface area (Å²) >= 11 is 23.9. The molecule has 0 aliphatic rings. The van der Waals surface area contributed by atoms with Crippen LogP contribution in [0.15, 0.2) is 47.9 Å². The fourth-order valence-corrected chi connectivity index (χ4v) is 3.98. The van der Waals surface area contributed by atoms with Crippen LogP contribution in [-0.4, -0.2) is 23.2 Å². The molecule has 0 atom stereocenters. The molecule has 0 bridgehead atoms. The van der Waals surface area contributed by atoms with Gasteiger partial charge in [-0.05, 0) is 35.9 Å². The lowest BCUT2D eigenvalue weighted by molar-refractivity contribution is 0.601. The van der Waals surface area contributed by atoms with Crippen LogP contribution in [0.3, 0.4) is 0 Å². The Morgan fingerprint density at radius 3 is 2.31 bits per heavy atom. The van der Waals surface area contributed by atoms with Crippen molar-refractivity contribution in [2.24, 2.45) is 0 Å². The SMILES string of the molecule is O=S(=O)(Nc1cc(Cl)c(Cl)cc1Cn1cncn1)c1ccc(Cl)c(Cl)c1. The van der Waals surface area contributed by atoms with E-state index in [0.29, 0.717) is 10.6 Å². The largest absolute Gasteiger partial charge is 0.279 e. The smallest absolute Gasteiger partial charge is 0.261 e. The van der Waals surface area contributed by atoms with Gasteiger partial charge in [0.2, 0.25) is 0 Å². The Bertz CT molecular complexity index is 1060. The predicted octanol–water partition coefficient (Wildman–Crippen LogP) is 4.74. The molecular formula is C15H10Cl4N4O2S. The molecule has 3 aromatic rings. The zero-order valence-electron chi connectivity index (χ0n) is 12.8. The van der Waals surface area contributed by atoms with Gasteiger partial charge >= 0.3 is 0 Å². The Labute approximate surface area is 169 Å². The van der Waals surface area contributed by atoms with E-state index in [9.17, 15) is 8.42 Å². The molecule has 136 valence electrons. The standard InChI is InChI=1S/C15H10Cl4N4O2S/c16-11-2-1-10(4-13(11)18)26(24,25)22-15-5-14(19)12(17)3-9(15)6-23-8-20-7-21-23/h1-5,7-8,22H,6H2. The summed E-state index contributed by atoms with van der Waals surface area (Å²) in [4.78, 5) is 3.82. The van der Waals surface area contributed by atoms with Gasteiger partial charge in [0.15, 0.2) is 0 Å². The second-order valence-electron chi connectivity index (χ2n) is 5.20. The number of anilines is 1. The molecule has 0 spiro atoms. The Morgan fingerprint density at radius 1 is 0.962 bits per heavy atom. The van der Waals surface area contributed by atoms with Crippen molar-refractivity contribution in [3.63, 3.8) is 0 Å². The van der Waals surface area contributed by atoms with Gasteiger partial charge in [0, 0.05) is 0 Å². The summed E-state index contributed by atoms with van der Waals surface area (Å²) in [6, 6.07) is 7.03. The Morgan fingerprint density at radius 2 is 1.65 bits per heavy atom. The molecule has 3 rings (SSSR count). The minimum atomic E-state index is -3.92. The van der Waals surface area contributed by atoms with E-state index in [1.807, 2.05) is 0 Å². The Hall–Kier alpha value is -1.51. The van der Waals surface area contributed by atoms with Crippen molar-refractivity contribution in [1.29, 1.82) is 0 Å². The summed E-state index contributed by atoms with van der Waals surface area (Å²) < 4.78 is 29.4. The quantitative estimate of drug-likeness (QED) is 0.607. The average molecular weight is 452 g/mol. The number of hydrogen-bond donors (Lipinski definition) is 1. The van der Waals surface area contributed by atoms with Gasteiger partial charge in [0.05, 0.1) is 37.2 Å². The van der Waals surface area contributed by atoms with Gasteiger partial charge in [0.25, 0.3) is 10.0 Å². The van der Waals surface area contributed by atoms with Gasteiger partial charge in [-0.15, -0.1) is 0 Å². The van der Waals surface area contributed by atoms with Crippen molar-refractivity contribution in [3.05, 3.63) is 68.6 Å². The number of rotatable bonds is 5. The first-order chi connectivity index (χ1) is 12.3. The molecule has 1 N–H and O–H groups in total.